The number of aryl methyl sites for hydroxylation is 1. The van der Waals surface area contributed by atoms with Crippen LogP contribution in [0.5, 0.6) is 0 Å². The van der Waals surface area contributed by atoms with Crippen LogP contribution >= 0.6 is 0 Å². The lowest BCUT2D eigenvalue weighted by Crippen LogP contribution is -2.36. The summed E-state index contributed by atoms with van der Waals surface area (Å²) in [5.41, 5.74) is 1.20. The second-order valence-electron chi connectivity index (χ2n) is 5.02. The molecule has 2 aromatic rings. The van der Waals surface area contributed by atoms with Gasteiger partial charge in [-0.3, -0.25) is 0 Å². The zero-order valence-electron chi connectivity index (χ0n) is 13.1. The normalized spacial score (nSPS) is 14.0. The number of likely N-dealkylation sites (N-methyl/N-ethyl adjacent to an activating group) is 1. The van der Waals surface area contributed by atoms with Crippen molar-refractivity contribution in [3.8, 4) is 0 Å². The minimum Gasteiger partial charge on any atom is -0.372 e. The van der Waals surface area contributed by atoms with Crippen molar-refractivity contribution in [2.75, 3.05) is 13.7 Å². The molecule has 0 saturated carbocycles. The van der Waals surface area contributed by atoms with E-state index in [9.17, 15) is 0 Å². The summed E-state index contributed by atoms with van der Waals surface area (Å²) in [7, 11) is 1.98. The molecule has 4 heteroatoms. The molecule has 0 saturated heterocycles. The maximum atomic E-state index is 6.00. The summed E-state index contributed by atoms with van der Waals surface area (Å²) in [5, 5.41) is 3.40. The lowest BCUT2D eigenvalue weighted by atomic mass is 9.99. The van der Waals surface area contributed by atoms with Gasteiger partial charge in [-0.15, -0.1) is 0 Å². The molecule has 21 heavy (non-hydrogen) atoms. The summed E-state index contributed by atoms with van der Waals surface area (Å²) in [6, 6.07) is 10.6. The molecule has 0 spiro atoms. The first-order valence-corrected chi connectivity index (χ1v) is 7.63. The fraction of sp³-hybridized carbons (Fsp3) is 0.471. The van der Waals surface area contributed by atoms with Crippen molar-refractivity contribution in [1.82, 2.24) is 14.9 Å². The molecule has 4 nitrogen and oxygen atoms in total. The third-order valence-corrected chi connectivity index (χ3v) is 3.76. The molecule has 114 valence electrons. The van der Waals surface area contributed by atoms with Gasteiger partial charge < -0.3 is 14.6 Å². The minimum absolute atomic E-state index is 0.0307. The first-order chi connectivity index (χ1) is 10.3. The second-order valence-corrected chi connectivity index (χ2v) is 5.02. The van der Waals surface area contributed by atoms with Crippen molar-refractivity contribution in [3.63, 3.8) is 0 Å². The number of nitrogens with zero attached hydrogens (tertiary/aromatic N) is 2. The highest BCUT2D eigenvalue weighted by Crippen LogP contribution is 2.23. The van der Waals surface area contributed by atoms with Crippen LogP contribution in [0, 0.1) is 0 Å². The van der Waals surface area contributed by atoms with E-state index in [4.69, 9.17) is 4.74 Å². The van der Waals surface area contributed by atoms with Gasteiger partial charge in [0.25, 0.3) is 0 Å². The summed E-state index contributed by atoms with van der Waals surface area (Å²) in [6.45, 7) is 5.81. The van der Waals surface area contributed by atoms with Crippen molar-refractivity contribution in [2.24, 2.45) is 0 Å². The third kappa shape index (κ3) is 3.93. The fourth-order valence-corrected chi connectivity index (χ4v) is 2.64. The summed E-state index contributed by atoms with van der Waals surface area (Å²) in [5.74, 6) is 1.09. The number of imidazole rings is 1. The molecule has 2 rings (SSSR count). The number of aromatic nitrogens is 2. The summed E-state index contributed by atoms with van der Waals surface area (Å²) >= 11 is 0. The van der Waals surface area contributed by atoms with Gasteiger partial charge in [0.2, 0.25) is 0 Å². The van der Waals surface area contributed by atoms with Crippen LogP contribution in [-0.4, -0.2) is 29.2 Å². The van der Waals surface area contributed by atoms with Crippen molar-refractivity contribution in [3.05, 3.63) is 54.1 Å². The molecule has 1 aromatic heterocycles. The van der Waals surface area contributed by atoms with Gasteiger partial charge in [-0.1, -0.05) is 30.3 Å². The zero-order valence-corrected chi connectivity index (χ0v) is 13.1. The quantitative estimate of drug-likeness (QED) is 0.811. The SMILES string of the molecule is CCOC(c1ccccc1)C(Cc1nccn1CC)NC. The molecule has 0 fully saturated rings. The van der Waals surface area contributed by atoms with Gasteiger partial charge in [0.05, 0.1) is 6.10 Å². The highest BCUT2D eigenvalue weighted by Gasteiger charge is 2.24. The first kappa shape index (κ1) is 15.7. The maximum absolute atomic E-state index is 6.00. The van der Waals surface area contributed by atoms with Crippen LogP contribution in [-0.2, 0) is 17.7 Å². The van der Waals surface area contributed by atoms with Crippen LogP contribution in [0.2, 0.25) is 0 Å². The van der Waals surface area contributed by atoms with E-state index < -0.39 is 0 Å². The van der Waals surface area contributed by atoms with E-state index >= 15 is 0 Å². The van der Waals surface area contributed by atoms with Gasteiger partial charge >= 0.3 is 0 Å². The van der Waals surface area contributed by atoms with Gasteiger partial charge in [-0.25, -0.2) is 4.98 Å². The molecule has 2 unspecified atom stereocenters. The Labute approximate surface area is 127 Å². The van der Waals surface area contributed by atoms with Crippen LogP contribution in [0.4, 0.5) is 0 Å². The number of nitrogens with one attached hydrogen (secondary N) is 1. The lowest BCUT2D eigenvalue weighted by molar-refractivity contribution is 0.0345. The molecule has 0 amide bonds. The molecule has 0 aliphatic carbocycles. The molecule has 0 aliphatic heterocycles. The molecule has 0 aliphatic rings. The monoisotopic (exact) mass is 287 g/mol. The lowest BCUT2D eigenvalue weighted by Gasteiger charge is -2.27. The van der Waals surface area contributed by atoms with Crippen molar-refractivity contribution in [1.29, 1.82) is 0 Å². The molecule has 0 bridgehead atoms. The Kier molecular flexibility index (Phi) is 5.96. The van der Waals surface area contributed by atoms with Crippen molar-refractivity contribution >= 4 is 0 Å². The summed E-state index contributed by atoms with van der Waals surface area (Å²) < 4.78 is 8.18. The predicted molar refractivity (Wildman–Crippen MR) is 85.3 cm³/mol. The Morgan fingerprint density at radius 3 is 2.62 bits per heavy atom. The standard InChI is InChI=1S/C17H25N3O/c1-4-20-12-11-19-16(20)13-15(18-3)17(21-5-2)14-9-7-6-8-10-14/h6-12,15,17-18H,4-5,13H2,1-3H3. The topological polar surface area (TPSA) is 39.1 Å². The summed E-state index contributed by atoms with van der Waals surface area (Å²) in [4.78, 5) is 4.48. The molecular weight excluding hydrogens is 262 g/mol. The average molecular weight is 287 g/mol. The number of ether oxygens (including phenoxy) is 1. The van der Waals surface area contributed by atoms with Crippen molar-refractivity contribution in [2.45, 2.75) is 39.0 Å². The van der Waals surface area contributed by atoms with E-state index in [2.05, 4.69) is 46.1 Å². The van der Waals surface area contributed by atoms with E-state index in [0.717, 1.165) is 18.8 Å². The molecule has 1 heterocycles. The van der Waals surface area contributed by atoms with E-state index in [1.54, 1.807) is 0 Å². The van der Waals surface area contributed by atoms with Crippen LogP contribution in [0.1, 0.15) is 31.3 Å². The molecule has 1 N–H and O–H groups in total. The number of benzene rings is 1. The van der Waals surface area contributed by atoms with Crippen LogP contribution in [0.15, 0.2) is 42.7 Å². The van der Waals surface area contributed by atoms with Gasteiger partial charge in [-0.2, -0.15) is 0 Å². The minimum atomic E-state index is 0.0307. The molecule has 2 atom stereocenters. The Hall–Kier alpha value is -1.65. The van der Waals surface area contributed by atoms with Gasteiger partial charge in [0.1, 0.15) is 5.82 Å². The summed E-state index contributed by atoms with van der Waals surface area (Å²) in [6.07, 6.45) is 4.77. The molecule has 1 aromatic carbocycles. The van der Waals surface area contributed by atoms with Gasteiger partial charge in [0, 0.05) is 38.0 Å². The molecule has 0 radical (unpaired) electrons. The maximum Gasteiger partial charge on any atom is 0.110 e. The van der Waals surface area contributed by atoms with E-state index in [-0.39, 0.29) is 12.1 Å². The largest absolute Gasteiger partial charge is 0.372 e. The van der Waals surface area contributed by atoms with Gasteiger partial charge in [0.15, 0.2) is 0 Å². The Bertz CT molecular complexity index is 524. The fourth-order valence-electron chi connectivity index (χ4n) is 2.64. The van der Waals surface area contributed by atoms with E-state index in [0.29, 0.717) is 6.61 Å². The predicted octanol–water partition coefficient (Wildman–Crippen LogP) is 2.81. The van der Waals surface area contributed by atoms with Gasteiger partial charge in [-0.05, 0) is 26.5 Å². The van der Waals surface area contributed by atoms with Crippen LogP contribution < -0.4 is 5.32 Å². The van der Waals surface area contributed by atoms with Crippen molar-refractivity contribution < 1.29 is 4.74 Å². The van der Waals surface area contributed by atoms with Crippen LogP contribution in [0.25, 0.3) is 0 Å². The highest BCUT2D eigenvalue weighted by atomic mass is 16.5. The van der Waals surface area contributed by atoms with Crippen LogP contribution in [0.3, 0.4) is 0 Å². The Balaban J connectivity index is 2.20. The average Bonchev–Trinajstić information content (AvgIpc) is 2.98. The number of hydrogen-bond donors (Lipinski definition) is 1. The highest BCUT2D eigenvalue weighted by molar-refractivity contribution is 5.20. The molecular formula is C17H25N3O. The zero-order chi connectivity index (χ0) is 15.1. The Morgan fingerprint density at radius 1 is 1.24 bits per heavy atom. The number of rotatable bonds is 8. The third-order valence-electron chi connectivity index (χ3n) is 3.76. The Morgan fingerprint density at radius 2 is 2.00 bits per heavy atom. The number of hydrogen-bond acceptors (Lipinski definition) is 3. The van der Waals surface area contributed by atoms with E-state index in [1.807, 2.05) is 32.4 Å². The second kappa shape index (κ2) is 7.96. The first-order valence-electron chi connectivity index (χ1n) is 7.63. The smallest absolute Gasteiger partial charge is 0.110 e. The van der Waals surface area contributed by atoms with E-state index in [1.165, 1.54) is 5.56 Å².